The van der Waals surface area contributed by atoms with Crippen LogP contribution in [0, 0.1) is 5.92 Å². The van der Waals surface area contributed by atoms with Crippen LogP contribution in [0.3, 0.4) is 0 Å². The zero-order valence-corrected chi connectivity index (χ0v) is 12.0. The van der Waals surface area contributed by atoms with Gasteiger partial charge in [0.25, 0.3) is 0 Å². The Bertz CT molecular complexity index is 407. The van der Waals surface area contributed by atoms with Gasteiger partial charge in [-0.05, 0) is 17.0 Å². The number of carbonyl (C=O) groups is 1. The van der Waals surface area contributed by atoms with Crippen LogP contribution in [-0.2, 0) is 22.7 Å². The zero-order valence-electron chi connectivity index (χ0n) is 12.0. The van der Waals surface area contributed by atoms with Crippen LogP contribution < -0.4 is 11.1 Å². The summed E-state index contributed by atoms with van der Waals surface area (Å²) in [7, 11) is 1.67. The van der Waals surface area contributed by atoms with Crippen molar-refractivity contribution in [3.05, 3.63) is 35.4 Å². The van der Waals surface area contributed by atoms with E-state index in [-0.39, 0.29) is 11.8 Å². The van der Waals surface area contributed by atoms with E-state index in [1.54, 1.807) is 7.11 Å². The minimum absolute atomic E-state index is 0.0912. The van der Waals surface area contributed by atoms with E-state index in [0.717, 1.165) is 17.5 Å². The predicted octanol–water partition coefficient (Wildman–Crippen LogP) is 1.82. The molecule has 1 amide bonds. The number of benzene rings is 1. The number of amides is 1. The van der Waals surface area contributed by atoms with Crippen LogP contribution >= 0.6 is 0 Å². The van der Waals surface area contributed by atoms with Gasteiger partial charge in [0.2, 0.25) is 5.91 Å². The summed E-state index contributed by atoms with van der Waals surface area (Å²) in [5.41, 5.74) is 8.03. The Kier molecular flexibility index (Phi) is 6.53. The molecule has 0 unspecified atom stereocenters. The first-order valence-corrected chi connectivity index (χ1v) is 6.68. The van der Waals surface area contributed by atoms with Crippen LogP contribution in [0.2, 0.25) is 0 Å². The molecule has 3 N–H and O–H groups in total. The van der Waals surface area contributed by atoms with Crippen molar-refractivity contribution >= 4 is 5.91 Å². The highest BCUT2D eigenvalue weighted by molar-refractivity contribution is 5.81. The monoisotopic (exact) mass is 264 g/mol. The van der Waals surface area contributed by atoms with Crippen molar-refractivity contribution < 1.29 is 9.53 Å². The zero-order chi connectivity index (χ0) is 14.3. The molecule has 0 aliphatic rings. The van der Waals surface area contributed by atoms with E-state index < -0.39 is 6.04 Å². The van der Waals surface area contributed by atoms with Crippen LogP contribution in [0.15, 0.2) is 24.3 Å². The molecule has 0 saturated heterocycles. The quantitative estimate of drug-likeness (QED) is 0.789. The van der Waals surface area contributed by atoms with Gasteiger partial charge < -0.3 is 15.8 Å². The van der Waals surface area contributed by atoms with Gasteiger partial charge in [-0.25, -0.2) is 0 Å². The number of ether oxygens (including phenoxy) is 1. The van der Waals surface area contributed by atoms with E-state index in [1.165, 1.54) is 0 Å². The first-order valence-electron chi connectivity index (χ1n) is 6.68. The molecule has 1 aromatic carbocycles. The van der Waals surface area contributed by atoms with Crippen molar-refractivity contribution in [2.45, 2.75) is 39.5 Å². The molecule has 0 saturated carbocycles. The number of carbonyl (C=O) groups excluding carboxylic acids is 1. The molecule has 0 aliphatic carbocycles. The fourth-order valence-corrected chi connectivity index (χ4v) is 1.82. The fourth-order valence-electron chi connectivity index (χ4n) is 1.82. The van der Waals surface area contributed by atoms with Crippen LogP contribution in [-0.4, -0.2) is 19.1 Å². The SMILES string of the molecule is CC[C@H](C)[C@H](N)C(=O)NCc1cccc(COC)c1. The average molecular weight is 264 g/mol. The number of rotatable bonds is 7. The lowest BCUT2D eigenvalue weighted by Gasteiger charge is -2.17. The Morgan fingerprint density at radius 2 is 2.11 bits per heavy atom. The van der Waals surface area contributed by atoms with Crippen molar-refractivity contribution in [3.8, 4) is 0 Å². The topological polar surface area (TPSA) is 64.4 Å². The molecule has 1 rings (SSSR count). The standard InChI is InChI=1S/C15H24N2O2/c1-4-11(2)14(16)15(18)17-9-12-6-5-7-13(8-12)10-19-3/h5-8,11,14H,4,9-10,16H2,1-3H3,(H,17,18)/t11-,14-/m0/s1. The molecule has 0 radical (unpaired) electrons. The minimum atomic E-state index is -0.438. The smallest absolute Gasteiger partial charge is 0.237 e. The molecular formula is C15H24N2O2. The third-order valence-electron chi connectivity index (χ3n) is 3.33. The third kappa shape index (κ3) is 5.01. The van der Waals surface area contributed by atoms with E-state index in [1.807, 2.05) is 38.1 Å². The first-order chi connectivity index (χ1) is 9.08. The summed E-state index contributed by atoms with van der Waals surface area (Å²) in [6.45, 7) is 5.10. The van der Waals surface area contributed by atoms with Crippen molar-refractivity contribution in [2.75, 3.05) is 7.11 Å². The van der Waals surface area contributed by atoms with Gasteiger partial charge in [0.1, 0.15) is 0 Å². The molecule has 1 aromatic rings. The van der Waals surface area contributed by atoms with Gasteiger partial charge in [0, 0.05) is 13.7 Å². The summed E-state index contributed by atoms with van der Waals surface area (Å²) >= 11 is 0. The minimum Gasteiger partial charge on any atom is -0.380 e. The van der Waals surface area contributed by atoms with Crippen LogP contribution in [0.5, 0.6) is 0 Å². The maximum absolute atomic E-state index is 11.9. The first kappa shape index (κ1) is 15.7. The lowest BCUT2D eigenvalue weighted by atomic mass is 9.99. The van der Waals surface area contributed by atoms with Crippen LogP contribution in [0.25, 0.3) is 0 Å². The average Bonchev–Trinajstić information content (AvgIpc) is 2.44. The van der Waals surface area contributed by atoms with Gasteiger partial charge in [-0.15, -0.1) is 0 Å². The van der Waals surface area contributed by atoms with Crippen molar-refractivity contribution in [1.82, 2.24) is 5.32 Å². The number of hydrogen-bond acceptors (Lipinski definition) is 3. The molecule has 4 nitrogen and oxygen atoms in total. The largest absolute Gasteiger partial charge is 0.380 e. The van der Waals surface area contributed by atoms with Crippen LogP contribution in [0.1, 0.15) is 31.4 Å². The normalized spacial score (nSPS) is 13.9. The molecular weight excluding hydrogens is 240 g/mol. The second kappa shape index (κ2) is 7.92. The lowest BCUT2D eigenvalue weighted by molar-refractivity contribution is -0.123. The second-order valence-corrected chi connectivity index (χ2v) is 4.88. The number of nitrogens with one attached hydrogen (secondary N) is 1. The van der Waals surface area contributed by atoms with Gasteiger partial charge in [-0.2, -0.15) is 0 Å². The lowest BCUT2D eigenvalue weighted by Crippen LogP contribution is -2.44. The highest BCUT2D eigenvalue weighted by atomic mass is 16.5. The fraction of sp³-hybridized carbons (Fsp3) is 0.533. The van der Waals surface area contributed by atoms with Gasteiger partial charge in [-0.3, -0.25) is 4.79 Å². The summed E-state index contributed by atoms with van der Waals surface area (Å²) < 4.78 is 5.09. The highest BCUT2D eigenvalue weighted by Gasteiger charge is 2.18. The Balaban J connectivity index is 2.52. The third-order valence-corrected chi connectivity index (χ3v) is 3.33. The molecule has 0 spiro atoms. The molecule has 106 valence electrons. The molecule has 0 heterocycles. The van der Waals surface area contributed by atoms with Gasteiger partial charge >= 0.3 is 0 Å². The number of hydrogen-bond donors (Lipinski definition) is 2. The van der Waals surface area contributed by atoms with Crippen LogP contribution in [0.4, 0.5) is 0 Å². The Morgan fingerprint density at radius 3 is 2.74 bits per heavy atom. The molecule has 4 heteroatoms. The van der Waals surface area contributed by atoms with E-state index in [4.69, 9.17) is 10.5 Å². The van der Waals surface area contributed by atoms with Crippen molar-refractivity contribution in [3.63, 3.8) is 0 Å². The van der Waals surface area contributed by atoms with Crippen molar-refractivity contribution in [1.29, 1.82) is 0 Å². The molecule has 19 heavy (non-hydrogen) atoms. The molecule has 0 bridgehead atoms. The highest BCUT2D eigenvalue weighted by Crippen LogP contribution is 2.08. The Labute approximate surface area is 115 Å². The van der Waals surface area contributed by atoms with Crippen molar-refractivity contribution in [2.24, 2.45) is 11.7 Å². The molecule has 0 aliphatic heterocycles. The summed E-state index contributed by atoms with van der Waals surface area (Å²) in [6, 6.07) is 7.53. The van der Waals surface area contributed by atoms with Gasteiger partial charge in [0.05, 0.1) is 12.6 Å². The number of methoxy groups -OCH3 is 1. The molecule has 2 atom stereocenters. The van der Waals surface area contributed by atoms with E-state index in [9.17, 15) is 4.79 Å². The van der Waals surface area contributed by atoms with E-state index in [2.05, 4.69) is 5.32 Å². The predicted molar refractivity (Wildman–Crippen MR) is 76.4 cm³/mol. The summed E-state index contributed by atoms with van der Waals surface area (Å²) in [6.07, 6.45) is 0.901. The van der Waals surface area contributed by atoms with Gasteiger partial charge in [0.15, 0.2) is 0 Å². The summed E-state index contributed by atoms with van der Waals surface area (Å²) in [5, 5.41) is 2.88. The Morgan fingerprint density at radius 1 is 1.42 bits per heavy atom. The maximum atomic E-state index is 11.9. The van der Waals surface area contributed by atoms with E-state index >= 15 is 0 Å². The number of nitrogens with two attached hydrogens (primary N) is 1. The summed E-state index contributed by atoms with van der Waals surface area (Å²) in [5.74, 6) is 0.103. The van der Waals surface area contributed by atoms with Gasteiger partial charge in [-0.1, -0.05) is 44.5 Å². The molecule has 0 fully saturated rings. The maximum Gasteiger partial charge on any atom is 0.237 e. The molecule has 0 aromatic heterocycles. The summed E-state index contributed by atoms with van der Waals surface area (Å²) in [4.78, 5) is 11.9. The second-order valence-electron chi connectivity index (χ2n) is 4.88. The van der Waals surface area contributed by atoms with E-state index in [0.29, 0.717) is 13.2 Å². The Hall–Kier alpha value is -1.39.